The number of hydrogen-bond acceptors (Lipinski definition) is 3. The minimum atomic E-state index is -1.13. The van der Waals surface area contributed by atoms with Gasteiger partial charge >= 0.3 is 5.97 Å². The Kier molecular flexibility index (Phi) is 4.49. The van der Waals surface area contributed by atoms with Crippen molar-refractivity contribution in [1.82, 2.24) is 10.3 Å². The SMILES string of the molecule is O=C(O)c1cccnc1C(=O)NCCC1CCCC1. The largest absolute Gasteiger partial charge is 0.478 e. The highest BCUT2D eigenvalue weighted by Gasteiger charge is 2.18. The molecule has 5 nitrogen and oxygen atoms in total. The molecule has 1 saturated carbocycles. The van der Waals surface area contributed by atoms with Gasteiger partial charge in [-0.15, -0.1) is 0 Å². The van der Waals surface area contributed by atoms with Crippen molar-refractivity contribution in [3.63, 3.8) is 0 Å². The molecule has 0 atom stereocenters. The third-order valence-corrected chi connectivity index (χ3v) is 3.57. The van der Waals surface area contributed by atoms with Gasteiger partial charge in [-0.1, -0.05) is 25.7 Å². The first-order chi connectivity index (χ1) is 9.18. The Labute approximate surface area is 112 Å². The number of nitrogens with zero attached hydrogens (tertiary/aromatic N) is 1. The quantitative estimate of drug-likeness (QED) is 0.851. The van der Waals surface area contributed by atoms with Gasteiger partial charge in [0.15, 0.2) is 0 Å². The molecule has 1 aromatic heterocycles. The van der Waals surface area contributed by atoms with Crippen molar-refractivity contribution < 1.29 is 14.7 Å². The van der Waals surface area contributed by atoms with Crippen LogP contribution >= 0.6 is 0 Å². The van der Waals surface area contributed by atoms with Crippen LogP contribution in [0.4, 0.5) is 0 Å². The van der Waals surface area contributed by atoms with Crippen LogP contribution < -0.4 is 5.32 Å². The number of rotatable bonds is 5. The van der Waals surface area contributed by atoms with Crippen molar-refractivity contribution in [2.45, 2.75) is 32.1 Å². The van der Waals surface area contributed by atoms with Gasteiger partial charge in [-0.25, -0.2) is 4.79 Å². The van der Waals surface area contributed by atoms with Crippen LogP contribution in [0.25, 0.3) is 0 Å². The second-order valence-corrected chi connectivity index (χ2v) is 4.90. The molecule has 0 saturated heterocycles. The number of carbonyl (C=O) groups excluding carboxylic acids is 1. The van der Waals surface area contributed by atoms with Crippen LogP contribution in [0.15, 0.2) is 18.3 Å². The van der Waals surface area contributed by atoms with Gasteiger partial charge in [0.2, 0.25) is 0 Å². The fourth-order valence-electron chi connectivity index (χ4n) is 2.53. The molecule has 1 fully saturated rings. The fourth-order valence-corrected chi connectivity index (χ4v) is 2.53. The van der Waals surface area contributed by atoms with Gasteiger partial charge in [-0.3, -0.25) is 9.78 Å². The van der Waals surface area contributed by atoms with E-state index in [1.54, 1.807) is 0 Å². The molecule has 2 N–H and O–H groups in total. The van der Waals surface area contributed by atoms with Crippen molar-refractivity contribution >= 4 is 11.9 Å². The number of carboxylic acid groups (broad SMARTS) is 1. The normalized spacial score (nSPS) is 15.4. The van der Waals surface area contributed by atoms with Crippen LogP contribution in [0.2, 0.25) is 0 Å². The number of amides is 1. The summed E-state index contributed by atoms with van der Waals surface area (Å²) in [6.07, 6.45) is 7.42. The number of aromatic carboxylic acids is 1. The maximum Gasteiger partial charge on any atom is 0.338 e. The molecule has 1 amide bonds. The molecular formula is C14H18N2O3. The Balaban J connectivity index is 1.90. The Morgan fingerprint density at radius 2 is 2.11 bits per heavy atom. The third-order valence-electron chi connectivity index (χ3n) is 3.57. The van der Waals surface area contributed by atoms with Crippen LogP contribution in [0.1, 0.15) is 53.0 Å². The summed E-state index contributed by atoms with van der Waals surface area (Å²) in [6.45, 7) is 0.582. The first-order valence-electron chi connectivity index (χ1n) is 6.65. The first kappa shape index (κ1) is 13.5. The topological polar surface area (TPSA) is 79.3 Å². The Hall–Kier alpha value is -1.91. The zero-order valence-corrected chi connectivity index (χ0v) is 10.8. The maximum atomic E-state index is 11.9. The molecule has 0 unspecified atom stereocenters. The molecule has 1 aliphatic rings. The molecule has 5 heteroatoms. The number of carboxylic acids is 1. The number of nitrogens with one attached hydrogen (secondary N) is 1. The fraction of sp³-hybridized carbons (Fsp3) is 0.500. The van der Waals surface area contributed by atoms with Crippen LogP contribution in [0, 0.1) is 5.92 Å². The lowest BCUT2D eigenvalue weighted by atomic mass is 10.0. The van der Waals surface area contributed by atoms with Gasteiger partial charge in [0.25, 0.3) is 5.91 Å². The van der Waals surface area contributed by atoms with Gasteiger partial charge in [0, 0.05) is 12.7 Å². The summed E-state index contributed by atoms with van der Waals surface area (Å²) in [5.41, 5.74) is -0.0673. The lowest BCUT2D eigenvalue weighted by Crippen LogP contribution is -2.28. The summed E-state index contributed by atoms with van der Waals surface area (Å²) in [5.74, 6) is -0.840. The number of pyridine rings is 1. The molecule has 1 aliphatic carbocycles. The molecule has 102 valence electrons. The molecule has 0 aromatic carbocycles. The summed E-state index contributed by atoms with van der Waals surface area (Å²) < 4.78 is 0. The molecular weight excluding hydrogens is 244 g/mol. The molecule has 19 heavy (non-hydrogen) atoms. The van der Waals surface area contributed by atoms with Crippen LogP contribution in [0.3, 0.4) is 0 Å². The van der Waals surface area contributed by atoms with Crippen LogP contribution in [0.5, 0.6) is 0 Å². The predicted octanol–water partition coefficient (Wildman–Crippen LogP) is 2.09. The van der Waals surface area contributed by atoms with Crippen molar-refractivity contribution in [3.05, 3.63) is 29.6 Å². The maximum absolute atomic E-state index is 11.9. The summed E-state index contributed by atoms with van der Waals surface area (Å²) in [5, 5.41) is 11.7. The molecule has 2 rings (SSSR count). The smallest absolute Gasteiger partial charge is 0.338 e. The average Bonchev–Trinajstić information content (AvgIpc) is 2.91. The second kappa shape index (κ2) is 6.31. The standard InChI is InChI=1S/C14H18N2O3/c17-13(16-9-7-10-4-1-2-5-10)12-11(14(18)19)6-3-8-15-12/h3,6,8,10H,1-2,4-5,7,9H2,(H,16,17)(H,18,19). The highest BCUT2D eigenvalue weighted by molar-refractivity contribution is 6.03. The van der Waals surface area contributed by atoms with E-state index in [1.807, 2.05) is 0 Å². The van der Waals surface area contributed by atoms with Gasteiger partial charge < -0.3 is 10.4 Å². The molecule has 1 heterocycles. The first-order valence-corrected chi connectivity index (χ1v) is 6.65. The zero-order valence-electron chi connectivity index (χ0n) is 10.8. The Bertz CT molecular complexity index is 468. The number of hydrogen-bond donors (Lipinski definition) is 2. The van der Waals surface area contributed by atoms with Crippen molar-refractivity contribution in [2.24, 2.45) is 5.92 Å². The van der Waals surface area contributed by atoms with E-state index in [4.69, 9.17) is 5.11 Å². The van der Waals surface area contributed by atoms with Gasteiger partial charge in [0.05, 0.1) is 5.56 Å². The van der Waals surface area contributed by atoms with Gasteiger partial charge in [-0.05, 0) is 24.5 Å². The van der Waals surface area contributed by atoms with E-state index in [2.05, 4.69) is 10.3 Å². The minimum absolute atomic E-state index is 0.0126. The monoisotopic (exact) mass is 262 g/mol. The summed E-state index contributed by atoms with van der Waals surface area (Å²) >= 11 is 0. The number of aromatic nitrogens is 1. The van der Waals surface area contributed by atoms with Crippen molar-refractivity contribution in [3.8, 4) is 0 Å². The lowest BCUT2D eigenvalue weighted by molar-refractivity contribution is 0.0690. The van der Waals surface area contributed by atoms with E-state index in [1.165, 1.54) is 44.0 Å². The summed E-state index contributed by atoms with van der Waals surface area (Å²) in [7, 11) is 0. The third kappa shape index (κ3) is 3.53. The van der Waals surface area contributed by atoms with E-state index in [0.29, 0.717) is 12.5 Å². The minimum Gasteiger partial charge on any atom is -0.478 e. The van der Waals surface area contributed by atoms with Crippen LogP contribution in [-0.2, 0) is 0 Å². The van der Waals surface area contributed by atoms with E-state index >= 15 is 0 Å². The molecule has 0 aliphatic heterocycles. The molecule has 0 bridgehead atoms. The zero-order chi connectivity index (χ0) is 13.7. The van der Waals surface area contributed by atoms with E-state index < -0.39 is 11.9 Å². The van der Waals surface area contributed by atoms with E-state index in [9.17, 15) is 9.59 Å². The molecule has 0 spiro atoms. The van der Waals surface area contributed by atoms with Crippen molar-refractivity contribution in [1.29, 1.82) is 0 Å². The van der Waals surface area contributed by atoms with Gasteiger partial charge in [-0.2, -0.15) is 0 Å². The summed E-state index contributed by atoms with van der Waals surface area (Å²) in [6, 6.07) is 2.90. The van der Waals surface area contributed by atoms with Crippen LogP contribution in [-0.4, -0.2) is 28.5 Å². The lowest BCUT2D eigenvalue weighted by Gasteiger charge is -2.10. The molecule has 1 aromatic rings. The Morgan fingerprint density at radius 3 is 2.79 bits per heavy atom. The van der Waals surface area contributed by atoms with Gasteiger partial charge in [0.1, 0.15) is 5.69 Å². The predicted molar refractivity (Wildman–Crippen MR) is 70.1 cm³/mol. The van der Waals surface area contributed by atoms with E-state index in [0.717, 1.165) is 6.42 Å². The summed E-state index contributed by atoms with van der Waals surface area (Å²) in [4.78, 5) is 26.8. The highest BCUT2D eigenvalue weighted by Crippen LogP contribution is 2.26. The average molecular weight is 262 g/mol. The highest BCUT2D eigenvalue weighted by atomic mass is 16.4. The number of carbonyl (C=O) groups is 2. The van der Waals surface area contributed by atoms with Crippen molar-refractivity contribution in [2.75, 3.05) is 6.54 Å². The Morgan fingerprint density at radius 1 is 1.37 bits per heavy atom. The second-order valence-electron chi connectivity index (χ2n) is 4.90. The van der Waals surface area contributed by atoms with E-state index in [-0.39, 0.29) is 11.3 Å². The molecule has 0 radical (unpaired) electrons.